The lowest BCUT2D eigenvalue weighted by Crippen LogP contribution is -2.27. The van der Waals surface area contributed by atoms with Crippen molar-refractivity contribution in [2.24, 2.45) is 5.73 Å². The van der Waals surface area contributed by atoms with Gasteiger partial charge in [-0.1, -0.05) is 17.7 Å². The summed E-state index contributed by atoms with van der Waals surface area (Å²) >= 11 is 5.28. The first-order chi connectivity index (χ1) is 15.1. The quantitative estimate of drug-likeness (QED) is 0.385. The summed E-state index contributed by atoms with van der Waals surface area (Å²) in [6, 6.07) is 8.03. The Bertz CT molecular complexity index is 1260. The summed E-state index contributed by atoms with van der Waals surface area (Å²) in [6.07, 6.45) is 2.96. The number of fused-ring (bicyclic) bond motifs is 1. The molecular weight excluding hydrogens is 460 g/mol. The van der Waals surface area contributed by atoms with Crippen LogP contribution in [0.2, 0.25) is 0 Å². The highest BCUT2D eigenvalue weighted by atomic mass is 32.2. The summed E-state index contributed by atoms with van der Waals surface area (Å²) < 4.78 is 64.5. The number of rotatable bonds is 4. The number of hydrogen-bond acceptors (Lipinski definition) is 5. The number of aromatic amines is 1. The smallest absolute Gasteiger partial charge is 0.294 e. The summed E-state index contributed by atoms with van der Waals surface area (Å²) in [5, 5.41) is 0. The Hall–Kier alpha value is -2.60. The molecule has 3 aromatic rings. The van der Waals surface area contributed by atoms with Crippen molar-refractivity contribution in [3.05, 3.63) is 75.8 Å². The molecule has 0 fully saturated rings. The molecule has 4 rings (SSSR count). The second-order valence-electron chi connectivity index (χ2n) is 7.33. The van der Waals surface area contributed by atoms with Crippen LogP contribution in [0.4, 0.5) is 8.78 Å². The predicted molar refractivity (Wildman–Crippen MR) is 118 cm³/mol. The van der Waals surface area contributed by atoms with Crippen molar-refractivity contribution in [2.45, 2.75) is 30.7 Å². The molecule has 11 heteroatoms. The molecule has 4 N–H and O–H groups in total. The molecule has 2 heterocycles. The first kappa shape index (κ1) is 24.1. The second kappa shape index (κ2) is 9.90. The zero-order chi connectivity index (χ0) is 23.5. The Morgan fingerprint density at radius 1 is 1.28 bits per heavy atom. The Balaban J connectivity index is 0.000000222. The largest absolute Gasteiger partial charge is 0.488 e. The van der Waals surface area contributed by atoms with Gasteiger partial charge in [-0.3, -0.25) is 4.55 Å². The van der Waals surface area contributed by atoms with Gasteiger partial charge in [-0.2, -0.15) is 8.42 Å². The molecule has 2 aromatic carbocycles. The Morgan fingerprint density at radius 2 is 1.97 bits per heavy atom. The Morgan fingerprint density at radius 3 is 2.59 bits per heavy atom. The Labute approximate surface area is 189 Å². The second-order valence-corrected chi connectivity index (χ2v) is 9.14. The first-order valence-electron chi connectivity index (χ1n) is 9.74. The molecule has 1 aliphatic rings. The van der Waals surface area contributed by atoms with Crippen LogP contribution in [0.1, 0.15) is 22.9 Å². The fourth-order valence-electron chi connectivity index (χ4n) is 3.45. The minimum absolute atomic E-state index is 0.0666. The molecule has 0 saturated heterocycles. The third kappa shape index (κ3) is 5.60. The van der Waals surface area contributed by atoms with Crippen molar-refractivity contribution < 1.29 is 26.5 Å². The monoisotopic (exact) mass is 483 g/mol. The van der Waals surface area contributed by atoms with Crippen LogP contribution in [0, 0.1) is 23.3 Å². The number of benzene rings is 2. The van der Waals surface area contributed by atoms with E-state index in [1.54, 1.807) is 12.1 Å². The van der Waals surface area contributed by atoms with Crippen LogP contribution in [0.3, 0.4) is 0 Å². The zero-order valence-electron chi connectivity index (χ0n) is 17.2. The van der Waals surface area contributed by atoms with E-state index in [2.05, 4.69) is 4.98 Å². The van der Waals surface area contributed by atoms with E-state index in [-0.39, 0.29) is 16.7 Å². The number of halogens is 2. The first-order valence-corrected chi connectivity index (χ1v) is 11.6. The molecule has 0 unspecified atom stereocenters. The van der Waals surface area contributed by atoms with Gasteiger partial charge in [0.15, 0.2) is 16.3 Å². The lowest BCUT2D eigenvalue weighted by Gasteiger charge is -2.27. The molecule has 0 amide bonds. The van der Waals surface area contributed by atoms with Gasteiger partial charge in [0, 0.05) is 36.4 Å². The number of aryl methyl sites for hydroxylation is 1. The molecule has 32 heavy (non-hydrogen) atoms. The highest BCUT2D eigenvalue weighted by Crippen LogP contribution is 2.33. The molecule has 0 aliphatic carbocycles. The van der Waals surface area contributed by atoms with Gasteiger partial charge in [-0.15, -0.1) is 0 Å². The minimum Gasteiger partial charge on any atom is -0.488 e. The zero-order valence-corrected chi connectivity index (χ0v) is 18.8. The van der Waals surface area contributed by atoms with Crippen molar-refractivity contribution in [1.82, 2.24) is 9.55 Å². The maximum Gasteiger partial charge on any atom is 0.294 e. The fourth-order valence-corrected chi connectivity index (χ4v) is 4.26. The van der Waals surface area contributed by atoms with E-state index in [4.69, 9.17) is 27.2 Å². The van der Waals surface area contributed by atoms with Crippen LogP contribution in [0.15, 0.2) is 47.5 Å². The molecule has 0 bridgehead atoms. The number of ether oxygens (including phenoxy) is 1. The van der Waals surface area contributed by atoms with Crippen LogP contribution < -0.4 is 10.5 Å². The molecule has 1 atom stereocenters. The predicted octanol–water partition coefficient (Wildman–Crippen LogP) is 3.74. The SMILES string of the molecule is Cc1ccc(S(=O)(=O)O)cc1.NCCc1c[nH]c(=S)n1[C@H]1COc2c(F)cc(F)cc2C1. The van der Waals surface area contributed by atoms with Gasteiger partial charge < -0.3 is 20.0 Å². The molecule has 0 radical (unpaired) electrons. The average molecular weight is 484 g/mol. The lowest BCUT2D eigenvalue weighted by atomic mass is 10.0. The topological polar surface area (TPSA) is 110 Å². The standard InChI is InChI=1S/C14H15F2N3OS.C7H8O3S/c15-9-3-8-4-11(7-20-13(8)12(16)5-9)19-10(1-2-17)6-18-14(19)21;1-6-2-4-7(5-3-6)11(8,9)10/h3,5-6,11H,1-2,4,7,17H2,(H,18,21);2-5H,1H3,(H,8,9,10)/t11-;/m1./s1. The van der Waals surface area contributed by atoms with Crippen molar-refractivity contribution in [2.75, 3.05) is 13.2 Å². The lowest BCUT2D eigenvalue weighted by molar-refractivity contribution is 0.210. The van der Waals surface area contributed by atoms with E-state index in [1.165, 1.54) is 18.2 Å². The normalized spacial score (nSPS) is 15.3. The number of H-pyrrole nitrogens is 1. The Kier molecular flexibility index (Phi) is 7.44. The van der Waals surface area contributed by atoms with E-state index in [9.17, 15) is 17.2 Å². The number of nitrogens with zero attached hydrogens (tertiary/aromatic N) is 1. The van der Waals surface area contributed by atoms with Gasteiger partial charge in [-0.05, 0) is 43.9 Å². The van der Waals surface area contributed by atoms with E-state index in [0.717, 1.165) is 17.3 Å². The molecule has 1 aromatic heterocycles. The van der Waals surface area contributed by atoms with Gasteiger partial charge in [0.25, 0.3) is 10.1 Å². The van der Waals surface area contributed by atoms with Crippen molar-refractivity contribution >= 4 is 22.3 Å². The third-order valence-corrected chi connectivity index (χ3v) is 6.12. The van der Waals surface area contributed by atoms with Crippen LogP contribution in [-0.2, 0) is 23.0 Å². The van der Waals surface area contributed by atoms with Crippen LogP contribution in [0.5, 0.6) is 5.75 Å². The molecule has 172 valence electrons. The maximum absolute atomic E-state index is 13.7. The highest BCUT2D eigenvalue weighted by Gasteiger charge is 2.26. The van der Waals surface area contributed by atoms with Gasteiger partial charge in [-0.25, -0.2) is 8.78 Å². The summed E-state index contributed by atoms with van der Waals surface area (Å²) in [5.41, 5.74) is 8.04. The van der Waals surface area contributed by atoms with Crippen molar-refractivity contribution in [3.8, 4) is 5.75 Å². The average Bonchev–Trinajstić information content (AvgIpc) is 3.08. The molecule has 7 nitrogen and oxygen atoms in total. The fraction of sp³-hybridized carbons (Fsp3) is 0.286. The van der Waals surface area contributed by atoms with Gasteiger partial charge >= 0.3 is 0 Å². The summed E-state index contributed by atoms with van der Waals surface area (Å²) in [4.78, 5) is 2.92. The van der Waals surface area contributed by atoms with E-state index in [0.29, 0.717) is 36.3 Å². The van der Waals surface area contributed by atoms with Crippen molar-refractivity contribution in [3.63, 3.8) is 0 Å². The van der Waals surface area contributed by atoms with E-state index >= 15 is 0 Å². The van der Waals surface area contributed by atoms with Crippen molar-refractivity contribution in [1.29, 1.82) is 0 Å². The number of nitrogens with one attached hydrogen (secondary N) is 1. The summed E-state index contributed by atoms with van der Waals surface area (Å²) in [6.45, 7) is 2.63. The van der Waals surface area contributed by atoms with Gasteiger partial charge in [0.1, 0.15) is 12.4 Å². The molecule has 0 spiro atoms. The third-order valence-electron chi connectivity index (χ3n) is 4.94. The minimum atomic E-state index is -4.02. The summed E-state index contributed by atoms with van der Waals surface area (Å²) in [5.74, 6) is -1.13. The number of nitrogens with two attached hydrogens (primary N) is 1. The van der Waals surface area contributed by atoms with Crippen LogP contribution >= 0.6 is 12.2 Å². The van der Waals surface area contributed by atoms with Gasteiger partial charge in [0.05, 0.1) is 10.9 Å². The highest BCUT2D eigenvalue weighted by molar-refractivity contribution is 7.85. The molecule has 1 aliphatic heterocycles. The van der Waals surface area contributed by atoms with E-state index in [1.807, 2.05) is 17.7 Å². The number of hydrogen-bond donors (Lipinski definition) is 3. The maximum atomic E-state index is 13.7. The van der Waals surface area contributed by atoms with Crippen LogP contribution in [-0.4, -0.2) is 35.7 Å². The van der Waals surface area contributed by atoms with E-state index < -0.39 is 21.8 Å². The molecule has 0 saturated carbocycles. The van der Waals surface area contributed by atoms with Crippen LogP contribution in [0.25, 0.3) is 0 Å². The summed E-state index contributed by atoms with van der Waals surface area (Å²) in [7, 11) is -4.02. The molecular formula is C21H23F2N3O4S2. The van der Waals surface area contributed by atoms with Gasteiger partial charge in [0.2, 0.25) is 0 Å². The number of imidazole rings is 1. The number of aromatic nitrogens is 2.